The minimum Gasteiger partial charge on any atom is -0.466 e. The molecule has 0 aliphatic carbocycles. The number of ether oxygens (including phenoxy) is 2. The Kier molecular flexibility index (Phi) is 9.73. The van der Waals surface area contributed by atoms with Crippen LogP contribution in [0.4, 0.5) is 0 Å². The molecule has 1 saturated heterocycles. The lowest BCUT2D eigenvalue weighted by atomic mass is 10.0. The van der Waals surface area contributed by atoms with Crippen LogP contribution in [-0.4, -0.2) is 24.8 Å². The van der Waals surface area contributed by atoms with Crippen LogP contribution >= 0.6 is 0 Å². The van der Waals surface area contributed by atoms with Crippen LogP contribution in [0.15, 0.2) is 0 Å². The van der Waals surface area contributed by atoms with E-state index in [1.807, 2.05) is 6.92 Å². The van der Waals surface area contributed by atoms with Gasteiger partial charge in [-0.2, -0.15) is 0 Å². The second kappa shape index (κ2) is 11.1. The topological polar surface area (TPSA) is 38.8 Å². The maximum atomic E-state index is 11.1. The molecule has 1 rings (SSSR count). The molecule has 1 aliphatic rings. The predicted molar refractivity (Wildman–Crippen MR) is 81.8 cm³/mol. The van der Waals surface area contributed by atoms with Crippen LogP contribution in [0.1, 0.15) is 84.5 Å². The number of hydrogen-bond acceptors (Lipinski definition) is 3. The van der Waals surface area contributed by atoms with Crippen molar-refractivity contribution in [1.29, 1.82) is 0 Å². The molecule has 0 aromatic carbocycles. The summed E-state index contributed by atoms with van der Waals surface area (Å²) < 4.78 is 10.6. The van der Waals surface area contributed by atoms with E-state index in [4.69, 9.17) is 9.47 Å². The van der Waals surface area contributed by atoms with Crippen LogP contribution < -0.4 is 0 Å². The van der Waals surface area contributed by atoms with E-state index in [1.54, 1.807) is 0 Å². The molecule has 0 amide bonds. The van der Waals surface area contributed by atoms with Gasteiger partial charge >= 0.3 is 5.97 Å². The largest absolute Gasteiger partial charge is 0.466 e. The monoisotopic (exact) mass is 284 g/mol. The van der Waals surface area contributed by atoms with E-state index >= 15 is 0 Å². The average molecular weight is 284 g/mol. The number of carbonyl (C=O) groups is 1. The first-order chi connectivity index (χ1) is 9.77. The molecule has 0 aromatic rings. The van der Waals surface area contributed by atoms with E-state index in [-0.39, 0.29) is 5.97 Å². The lowest BCUT2D eigenvalue weighted by molar-refractivity contribution is -0.143. The van der Waals surface area contributed by atoms with Crippen molar-refractivity contribution in [2.75, 3.05) is 6.61 Å². The summed E-state index contributed by atoms with van der Waals surface area (Å²) in [6, 6.07) is 0. The van der Waals surface area contributed by atoms with E-state index in [0.717, 1.165) is 12.8 Å². The van der Waals surface area contributed by atoms with Gasteiger partial charge < -0.3 is 9.47 Å². The Hall–Kier alpha value is -0.570. The Morgan fingerprint density at radius 1 is 0.900 bits per heavy atom. The van der Waals surface area contributed by atoms with Crippen LogP contribution in [0.5, 0.6) is 0 Å². The highest BCUT2D eigenvalue weighted by molar-refractivity contribution is 5.69. The first-order valence-corrected chi connectivity index (χ1v) is 8.59. The molecule has 0 N–H and O–H groups in total. The molecule has 1 fully saturated rings. The van der Waals surface area contributed by atoms with E-state index in [1.165, 1.54) is 51.4 Å². The summed E-state index contributed by atoms with van der Waals surface area (Å²) in [5, 5.41) is 0. The quantitative estimate of drug-likeness (QED) is 0.281. The van der Waals surface area contributed by atoms with Crippen molar-refractivity contribution in [2.45, 2.75) is 96.7 Å². The lowest BCUT2D eigenvalue weighted by Crippen LogP contribution is -2.03. The summed E-state index contributed by atoms with van der Waals surface area (Å²) in [6.45, 7) is 4.60. The molecule has 118 valence electrons. The number of carbonyl (C=O) groups excluding carboxylic acids is 1. The highest BCUT2D eigenvalue weighted by atomic mass is 16.6. The van der Waals surface area contributed by atoms with E-state index < -0.39 is 0 Å². The molecular weight excluding hydrogens is 252 g/mol. The molecule has 1 aliphatic heterocycles. The van der Waals surface area contributed by atoms with Crippen LogP contribution in [0, 0.1) is 0 Å². The fraction of sp³-hybridized carbons (Fsp3) is 0.941. The number of unbranched alkanes of at least 4 members (excludes halogenated alkanes) is 6. The number of hydrogen-bond donors (Lipinski definition) is 0. The van der Waals surface area contributed by atoms with Crippen molar-refractivity contribution < 1.29 is 14.3 Å². The van der Waals surface area contributed by atoms with E-state index in [9.17, 15) is 4.79 Å². The predicted octanol–water partition coefficient (Wildman–Crippen LogP) is 4.63. The maximum absolute atomic E-state index is 11.1. The molecular formula is C17H32O3. The van der Waals surface area contributed by atoms with Gasteiger partial charge in [0, 0.05) is 6.42 Å². The van der Waals surface area contributed by atoms with Crippen molar-refractivity contribution in [3.8, 4) is 0 Å². The Balaban J connectivity index is 1.80. The minimum absolute atomic E-state index is 0.0508. The summed E-state index contributed by atoms with van der Waals surface area (Å²) in [4.78, 5) is 11.1. The zero-order valence-electron chi connectivity index (χ0n) is 13.4. The van der Waals surface area contributed by atoms with Gasteiger partial charge in [-0.3, -0.25) is 4.79 Å². The second-order valence-electron chi connectivity index (χ2n) is 5.82. The van der Waals surface area contributed by atoms with Crippen molar-refractivity contribution >= 4 is 5.97 Å². The minimum atomic E-state index is -0.0508. The first kappa shape index (κ1) is 17.5. The van der Waals surface area contributed by atoms with Gasteiger partial charge in [0.25, 0.3) is 0 Å². The normalized spacial score (nSPS) is 20.9. The summed E-state index contributed by atoms with van der Waals surface area (Å²) in [7, 11) is 0. The highest BCUT2D eigenvalue weighted by Crippen LogP contribution is 2.31. The number of epoxide rings is 1. The molecule has 1 heterocycles. The fourth-order valence-corrected chi connectivity index (χ4v) is 2.66. The molecule has 20 heavy (non-hydrogen) atoms. The van der Waals surface area contributed by atoms with Gasteiger partial charge in [-0.15, -0.1) is 0 Å². The molecule has 0 radical (unpaired) electrons. The summed E-state index contributed by atoms with van der Waals surface area (Å²) >= 11 is 0. The fourth-order valence-electron chi connectivity index (χ4n) is 2.66. The number of rotatable bonds is 13. The zero-order chi connectivity index (χ0) is 14.6. The van der Waals surface area contributed by atoms with Gasteiger partial charge in [-0.1, -0.05) is 51.9 Å². The third-order valence-electron chi connectivity index (χ3n) is 3.95. The molecule has 3 nitrogen and oxygen atoms in total. The van der Waals surface area contributed by atoms with Gasteiger partial charge in [0.05, 0.1) is 18.8 Å². The van der Waals surface area contributed by atoms with E-state index in [2.05, 4.69) is 6.92 Å². The Labute approximate surface area is 124 Å². The van der Waals surface area contributed by atoms with Crippen LogP contribution in [0.25, 0.3) is 0 Å². The van der Waals surface area contributed by atoms with Gasteiger partial charge in [0.2, 0.25) is 0 Å². The average Bonchev–Trinajstić information content (AvgIpc) is 3.18. The lowest BCUT2D eigenvalue weighted by Gasteiger charge is -2.01. The van der Waals surface area contributed by atoms with Crippen LogP contribution in [0.2, 0.25) is 0 Å². The van der Waals surface area contributed by atoms with E-state index in [0.29, 0.717) is 25.2 Å². The standard InChI is InChI=1S/C17H32O3/c1-3-5-6-9-12-15-16(20-15)13-10-7-8-11-14-17(18)19-4-2/h15-16H,3-14H2,1-2H3. The Morgan fingerprint density at radius 3 is 2.10 bits per heavy atom. The summed E-state index contributed by atoms with van der Waals surface area (Å²) in [6.07, 6.45) is 14.0. The van der Waals surface area contributed by atoms with Crippen molar-refractivity contribution in [3.05, 3.63) is 0 Å². The molecule has 2 unspecified atom stereocenters. The van der Waals surface area contributed by atoms with Gasteiger partial charge in [0.15, 0.2) is 0 Å². The Morgan fingerprint density at radius 2 is 1.50 bits per heavy atom. The van der Waals surface area contributed by atoms with Crippen molar-refractivity contribution in [1.82, 2.24) is 0 Å². The van der Waals surface area contributed by atoms with Crippen molar-refractivity contribution in [3.63, 3.8) is 0 Å². The summed E-state index contributed by atoms with van der Waals surface area (Å²) in [5.41, 5.74) is 0. The molecule has 2 atom stereocenters. The SMILES string of the molecule is CCCCCCC1OC1CCCCCCC(=O)OCC. The molecule has 0 saturated carbocycles. The first-order valence-electron chi connectivity index (χ1n) is 8.59. The zero-order valence-corrected chi connectivity index (χ0v) is 13.4. The number of esters is 1. The molecule has 0 spiro atoms. The molecule has 0 aromatic heterocycles. The van der Waals surface area contributed by atoms with Gasteiger partial charge in [-0.05, 0) is 26.2 Å². The highest BCUT2D eigenvalue weighted by Gasteiger charge is 2.36. The van der Waals surface area contributed by atoms with Gasteiger partial charge in [-0.25, -0.2) is 0 Å². The molecule has 3 heteroatoms. The third-order valence-corrected chi connectivity index (χ3v) is 3.95. The third kappa shape index (κ3) is 8.57. The van der Waals surface area contributed by atoms with Crippen LogP contribution in [0.3, 0.4) is 0 Å². The summed E-state index contributed by atoms with van der Waals surface area (Å²) in [5.74, 6) is -0.0508. The van der Waals surface area contributed by atoms with Crippen molar-refractivity contribution in [2.24, 2.45) is 0 Å². The van der Waals surface area contributed by atoms with Crippen LogP contribution in [-0.2, 0) is 14.3 Å². The smallest absolute Gasteiger partial charge is 0.305 e. The maximum Gasteiger partial charge on any atom is 0.305 e. The Bertz CT molecular complexity index is 253. The molecule has 0 bridgehead atoms. The van der Waals surface area contributed by atoms with Gasteiger partial charge in [0.1, 0.15) is 0 Å². The second-order valence-corrected chi connectivity index (χ2v) is 5.82.